The van der Waals surface area contributed by atoms with Crippen molar-refractivity contribution in [3.05, 3.63) is 18.1 Å². The van der Waals surface area contributed by atoms with E-state index >= 15 is 0 Å². The number of nitrogens with one attached hydrogen (secondary N) is 2. The van der Waals surface area contributed by atoms with E-state index in [1.807, 2.05) is 0 Å². The zero-order chi connectivity index (χ0) is 13.2. The molecule has 1 aliphatic heterocycles. The lowest BCUT2D eigenvalue weighted by atomic mass is 10.2. The van der Waals surface area contributed by atoms with Gasteiger partial charge in [0.25, 0.3) is 5.91 Å². The van der Waals surface area contributed by atoms with Gasteiger partial charge in [-0.2, -0.15) is 0 Å². The van der Waals surface area contributed by atoms with Crippen LogP contribution in [0.15, 0.2) is 12.4 Å². The summed E-state index contributed by atoms with van der Waals surface area (Å²) in [5.74, 6) is 0.537. The second-order valence-electron chi connectivity index (χ2n) is 5.22. The monoisotopic (exact) mass is 261 g/mol. The molecule has 2 aliphatic rings. The molecule has 1 saturated heterocycles. The average molecular weight is 261 g/mol. The molecule has 2 fully saturated rings. The molecule has 1 saturated carbocycles. The fourth-order valence-electron chi connectivity index (χ4n) is 2.51. The number of amides is 1. The summed E-state index contributed by atoms with van der Waals surface area (Å²) in [5, 5.41) is 5.92. The lowest BCUT2D eigenvalue weighted by molar-refractivity contribution is 0.0932. The molecule has 3 rings (SSSR count). The first-order chi connectivity index (χ1) is 9.26. The first-order valence-corrected chi connectivity index (χ1v) is 6.81. The van der Waals surface area contributed by atoms with Gasteiger partial charge < -0.3 is 10.6 Å². The zero-order valence-electron chi connectivity index (χ0n) is 11.1. The largest absolute Gasteiger partial charge is 0.372 e. The van der Waals surface area contributed by atoms with Crippen LogP contribution < -0.4 is 10.6 Å². The normalized spacial score (nSPS) is 23.3. The third kappa shape index (κ3) is 2.84. The first-order valence-electron chi connectivity index (χ1n) is 6.81. The van der Waals surface area contributed by atoms with Crippen LogP contribution in [0.5, 0.6) is 0 Å². The second kappa shape index (κ2) is 5.13. The van der Waals surface area contributed by atoms with Crippen molar-refractivity contribution in [1.82, 2.24) is 20.2 Å². The van der Waals surface area contributed by atoms with Gasteiger partial charge in [0.15, 0.2) is 0 Å². The summed E-state index contributed by atoms with van der Waals surface area (Å²) in [7, 11) is 1.77. The third-order valence-corrected chi connectivity index (χ3v) is 3.76. The SMILES string of the molecule is CNc1cnc(C(=O)NC2CCN(C3CC3)C2)cn1. The van der Waals surface area contributed by atoms with Gasteiger partial charge in [-0.05, 0) is 19.3 Å². The number of likely N-dealkylation sites (tertiary alicyclic amines) is 1. The topological polar surface area (TPSA) is 70.2 Å². The number of carbonyl (C=O) groups is 1. The van der Waals surface area contributed by atoms with Gasteiger partial charge >= 0.3 is 0 Å². The maximum Gasteiger partial charge on any atom is 0.271 e. The van der Waals surface area contributed by atoms with Gasteiger partial charge in [0.2, 0.25) is 0 Å². The maximum absolute atomic E-state index is 12.0. The highest BCUT2D eigenvalue weighted by Gasteiger charge is 2.34. The lowest BCUT2D eigenvalue weighted by Crippen LogP contribution is -2.37. The molecular weight excluding hydrogens is 242 g/mol. The number of nitrogens with zero attached hydrogens (tertiary/aromatic N) is 3. The Morgan fingerprint density at radius 2 is 2.16 bits per heavy atom. The molecule has 1 aromatic rings. The van der Waals surface area contributed by atoms with E-state index in [1.54, 1.807) is 13.2 Å². The van der Waals surface area contributed by atoms with Crippen molar-refractivity contribution in [1.29, 1.82) is 0 Å². The number of anilines is 1. The summed E-state index contributed by atoms with van der Waals surface area (Å²) < 4.78 is 0. The fraction of sp³-hybridized carbons (Fsp3) is 0.615. The molecule has 1 amide bonds. The Kier molecular flexibility index (Phi) is 3.33. The summed E-state index contributed by atoms with van der Waals surface area (Å²) in [6, 6.07) is 1.02. The predicted octanol–water partition coefficient (Wildman–Crippen LogP) is 0.485. The number of aromatic nitrogens is 2. The Balaban J connectivity index is 1.55. The van der Waals surface area contributed by atoms with E-state index < -0.39 is 0 Å². The van der Waals surface area contributed by atoms with E-state index in [0.717, 1.165) is 25.6 Å². The highest BCUT2D eigenvalue weighted by atomic mass is 16.2. The van der Waals surface area contributed by atoms with Gasteiger partial charge in [0, 0.05) is 32.2 Å². The molecule has 2 heterocycles. The molecule has 6 nitrogen and oxygen atoms in total. The summed E-state index contributed by atoms with van der Waals surface area (Å²) in [6.45, 7) is 2.07. The maximum atomic E-state index is 12.0. The highest BCUT2D eigenvalue weighted by Crippen LogP contribution is 2.29. The highest BCUT2D eigenvalue weighted by molar-refractivity contribution is 5.92. The Morgan fingerprint density at radius 3 is 2.79 bits per heavy atom. The summed E-state index contributed by atoms with van der Waals surface area (Å²) in [4.78, 5) is 22.7. The minimum absolute atomic E-state index is 0.127. The van der Waals surface area contributed by atoms with Crippen LogP contribution in [0.1, 0.15) is 29.8 Å². The van der Waals surface area contributed by atoms with Crippen LogP contribution >= 0.6 is 0 Å². The van der Waals surface area contributed by atoms with Crippen LogP contribution in [-0.2, 0) is 0 Å². The molecule has 1 aromatic heterocycles. The Bertz CT molecular complexity index is 457. The molecule has 0 radical (unpaired) electrons. The third-order valence-electron chi connectivity index (χ3n) is 3.76. The standard InChI is InChI=1S/C13H19N5O/c1-14-12-7-15-11(6-16-12)13(19)17-9-4-5-18(8-9)10-2-3-10/h6-7,9-10H,2-5,8H2,1H3,(H,14,16)(H,17,19). The van der Waals surface area contributed by atoms with E-state index in [1.165, 1.54) is 19.0 Å². The summed E-state index contributed by atoms with van der Waals surface area (Å²) in [6.07, 6.45) is 6.74. The Hall–Kier alpha value is -1.69. The van der Waals surface area contributed by atoms with Crippen LogP contribution in [0.2, 0.25) is 0 Å². The van der Waals surface area contributed by atoms with Crippen molar-refractivity contribution >= 4 is 11.7 Å². The molecule has 0 aromatic carbocycles. The van der Waals surface area contributed by atoms with Gasteiger partial charge in [-0.3, -0.25) is 9.69 Å². The predicted molar refractivity (Wildman–Crippen MR) is 72.0 cm³/mol. The fourth-order valence-corrected chi connectivity index (χ4v) is 2.51. The Labute approximate surface area is 112 Å². The molecule has 0 bridgehead atoms. The first kappa shape index (κ1) is 12.3. The van der Waals surface area contributed by atoms with E-state index in [-0.39, 0.29) is 11.9 Å². The summed E-state index contributed by atoms with van der Waals surface area (Å²) >= 11 is 0. The van der Waals surface area contributed by atoms with Crippen LogP contribution in [0, 0.1) is 0 Å². The average Bonchev–Trinajstić information content (AvgIpc) is 3.20. The number of rotatable bonds is 4. The quantitative estimate of drug-likeness (QED) is 0.825. The van der Waals surface area contributed by atoms with Crippen LogP contribution in [-0.4, -0.2) is 53.0 Å². The molecule has 19 heavy (non-hydrogen) atoms. The number of hydrogen-bond acceptors (Lipinski definition) is 5. The van der Waals surface area contributed by atoms with Gasteiger partial charge in [-0.1, -0.05) is 0 Å². The number of hydrogen-bond donors (Lipinski definition) is 2. The molecule has 2 N–H and O–H groups in total. The molecular formula is C13H19N5O. The van der Waals surface area contributed by atoms with Gasteiger partial charge in [-0.15, -0.1) is 0 Å². The van der Waals surface area contributed by atoms with Gasteiger partial charge in [0.05, 0.1) is 12.4 Å². The van der Waals surface area contributed by atoms with Crippen LogP contribution in [0.3, 0.4) is 0 Å². The van der Waals surface area contributed by atoms with Crippen molar-refractivity contribution in [3.8, 4) is 0 Å². The smallest absolute Gasteiger partial charge is 0.271 e. The van der Waals surface area contributed by atoms with E-state index in [0.29, 0.717) is 11.5 Å². The van der Waals surface area contributed by atoms with E-state index in [2.05, 4.69) is 25.5 Å². The Morgan fingerprint density at radius 1 is 1.32 bits per heavy atom. The lowest BCUT2D eigenvalue weighted by Gasteiger charge is -2.15. The molecule has 1 atom stereocenters. The molecule has 102 valence electrons. The van der Waals surface area contributed by atoms with Crippen molar-refractivity contribution in [3.63, 3.8) is 0 Å². The van der Waals surface area contributed by atoms with Gasteiger partial charge in [0.1, 0.15) is 11.5 Å². The molecule has 1 unspecified atom stereocenters. The molecule has 6 heteroatoms. The van der Waals surface area contributed by atoms with E-state index in [9.17, 15) is 4.79 Å². The van der Waals surface area contributed by atoms with Crippen molar-refractivity contribution in [2.75, 3.05) is 25.5 Å². The van der Waals surface area contributed by atoms with Crippen LogP contribution in [0.25, 0.3) is 0 Å². The number of carbonyl (C=O) groups excluding carboxylic acids is 1. The van der Waals surface area contributed by atoms with Crippen molar-refractivity contribution in [2.45, 2.75) is 31.3 Å². The van der Waals surface area contributed by atoms with Crippen molar-refractivity contribution in [2.24, 2.45) is 0 Å². The van der Waals surface area contributed by atoms with Crippen molar-refractivity contribution < 1.29 is 4.79 Å². The summed E-state index contributed by atoms with van der Waals surface area (Å²) in [5.41, 5.74) is 0.379. The minimum Gasteiger partial charge on any atom is -0.372 e. The van der Waals surface area contributed by atoms with E-state index in [4.69, 9.17) is 0 Å². The van der Waals surface area contributed by atoms with Crippen LogP contribution in [0.4, 0.5) is 5.82 Å². The van der Waals surface area contributed by atoms with Gasteiger partial charge in [-0.25, -0.2) is 9.97 Å². The zero-order valence-corrected chi connectivity index (χ0v) is 11.1. The molecule has 0 spiro atoms. The molecule has 1 aliphatic carbocycles. The minimum atomic E-state index is -0.127. The second-order valence-corrected chi connectivity index (χ2v) is 5.22.